The van der Waals surface area contributed by atoms with Gasteiger partial charge < -0.3 is 4.57 Å². The Morgan fingerprint density at radius 3 is 1.60 bits per heavy atom. The summed E-state index contributed by atoms with van der Waals surface area (Å²) in [6.07, 6.45) is 0. The Labute approximate surface area is 360 Å². The summed E-state index contributed by atoms with van der Waals surface area (Å²) in [4.78, 5) is 15.8. The summed E-state index contributed by atoms with van der Waals surface area (Å²) in [5.74, 6) is 1.90. The van der Waals surface area contributed by atoms with E-state index >= 15 is 0 Å². The summed E-state index contributed by atoms with van der Waals surface area (Å²) in [7, 11) is 0. The van der Waals surface area contributed by atoms with Gasteiger partial charge in [-0.05, 0) is 68.4 Å². The van der Waals surface area contributed by atoms with Crippen LogP contribution in [-0.2, 0) is 0 Å². The predicted molar refractivity (Wildman–Crippen MR) is 261 cm³/mol. The van der Waals surface area contributed by atoms with Gasteiger partial charge in [-0.3, -0.25) is 0 Å². The molecule has 0 fully saturated rings. The molecule has 0 spiro atoms. The Morgan fingerprint density at radius 1 is 0.323 bits per heavy atom. The second kappa shape index (κ2) is 13.8. The number of benzene rings is 10. The lowest BCUT2D eigenvalue weighted by Gasteiger charge is -2.18. The van der Waals surface area contributed by atoms with E-state index in [1.165, 1.54) is 58.2 Å². The third-order valence-electron chi connectivity index (χ3n) is 12.4. The van der Waals surface area contributed by atoms with Gasteiger partial charge in [-0.1, -0.05) is 176 Å². The summed E-state index contributed by atoms with van der Waals surface area (Å²) >= 11 is 1.87. The second-order valence-corrected chi connectivity index (χ2v) is 17.0. The van der Waals surface area contributed by atoms with Gasteiger partial charge in [0.05, 0.1) is 11.0 Å². The minimum absolute atomic E-state index is 0.628. The Hall–Kier alpha value is -7.99. The number of para-hydroxylation sites is 1. The largest absolute Gasteiger partial charge is 0.309 e. The first-order chi connectivity index (χ1) is 30.7. The van der Waals surface area contributed by atoms with Crippen molar-refractivity contribution < 1.29 is 0 Å². The highest BCUT2D eigenvalue weighted by molar-refractivity contribution is 7.26. The zero-order chi connectivity index (χ0) is 40.7. The van der Waals surface area contributed by atoms with Gasteiger partial charge in [0.25, 0.3) is 0 Å². The summed E-state index contributed by atoms with van der Waals surface area (Å²) in [6, 6.07) is 73.9. The number of thiophene rings is 1. The van der Waals surface area contributed by atoms with Crippen LogP contribution in [0, 0.1) is 0 Å². The van der Waals surface area contributed by atoms with Crippen molar-refractivity contribution in [1.82, 2.24) is 19.5 Å². The highest BCUT2D eigenvalue weighted by Crippen LogP contribution is 2.45. The molecule has 0 atom stereocenters. The van der Waals surface area contributed by atoms with Crippen molar-refractivity contribution in [3.05, 3.63) is 206 Å². The molecule has 10 aromatic carbocycles. The molecule has 0 aliphatic heterocycles. The van der Waals surface area contributed by atoms with E-state index in [0.717, 1.165) is 49.6 Å². The first-order valence-corrected chi connectivity index (χ1v) is 21.8. The molecule has 0 aliphatic carbocycles. The van der Waals surface area contributed by atoms with Gasteiger partial charge in [-0.2, -0.15) is 0 Å². The number of fused-ring (bicyclic) bond motifs is 12. The van der Waals surface area contributed by atoms with Crippen LogP contribution in [0.4, 0.5) is 0 Å². The maximum atomic E-state index is 5.35. The molecule has 13 aromatic rings. The number of hydrogen-bond acceptors (Lipinski definition) is 4. The summed E-state index contributed by atoms with van der Waals surface area (Å²) in [5.41, 5.74) is 8.58. The molecule has 0 radical (unpaired) electrons. The first-order valence-electron chi connectivity index (χ1n) is 20.9. The topological polar surface area (TPSA) is 43.6 Å². The van der Waals surface area contributed by atoms with Gasteiger partial charge in [0, 0.05) is 58.7 Å². The molecule has 62 heavy (non-hydrogen) atoms. The molecule has 0 saturated carbocycles. The smallest absolute Gasteiger partial charge is 0.164 e. The fourth-order valence-electron chi connectivity index (χ4n) is 9.64. The van der Waals surface area contributed by atoms with Crippen LogP contribution in [0.3, 0.4) is 0 Å². The molecular formula is C57H34N4S. The summed E-state index contributed by atoms with van der Waals surface area (Å²) in [5, 5.41) is 12.0. The molecule has 0 amide bonds. The monoisotopic (exact) mass is 806 g/mol. The molecule has 0 unspecified atom stereocenters. The van der Waals surface area contributed by atoms with Gasteiger partial charge in [-0.25, -0.2) is 15.0 Å². The van der Waals surface area contributed by atoms with Crippen LogP contribution in [-0.4, -0.2) is 19.5 Å². The highest BCUT2D eigenvalue weighted by atomic mass is 32.1. The van der Waals surface area contributed by atoms with Gasteiger partial charge >= 0.3 is 0 Å². The van der Waals surface area contributed by atoms with Crippen molar-refractivity contribution in [2.45, 2.75) is 0 Å². The van der Waals surface area contributed by atoms with Crippen molar-refractivity contribution in [1.29, 1.82) is 0 Å². The Kier molecular flexibility index (Phi) is 7.74. The minimum atomic E-state index is 0.628. The molecular weight excluding hydrogens is 773 g/mol. The predicted octanol–water partition coefficient (Wildman–Crippen LogP) is 15.5. The third kappa shape index (κ3) is 5.35. The molecule has 3 aromatic heterocycles. The molecule has 5 heteroatoms. The fraction of sp³-hybridized carbons (Fsp3) is 0. The minimum Gasteiger partial charge on any atom is -0.309 e. The van der Waals surface area contributed by atoms with Crippen LogP contribution >= 0.6 is 11.3 Å². The Bertz CT molecular complexity index is 3870. The van der Waals surface area contributed by atoms with Gasteiger partial charge in [0.1, 0.15) is 0 Å². The highest BCUT2D eigenvalue weighted by Gasteiger charge is 2.22. The summed E-state index contributed by atoms with van der Waals surface area (Å²) in [6.45, 7) is 0. The van der Waals surface area contributed by atoms with E-state index in [2.05, 4.69) is 174 Å². The number of hydrogen-bond donors (Lipinski definition) is 0. The van der Waals surface area contributed by atoms with Gasteiger partial charge in [-0.15, -0.1) is 11.3 Å². The molecule has 4 nitrogen and oxygen atoms in total. The lowest BCUT2D eigenvalue weighted by molar-refractivity contribution is 1.07. The van der Waals surface area contributed by atoms with Crippen molar-refractivity contribution in [3.63, 3.8) is 0 Å². The molecule has 288 valence electrons. The normalized spacial score (nSPS) is 11.9. The number of nitrogens with zero attached hydrogens (tertiary/aromatic N) is 4. The van der Waals surface area contributed by atoms with E-state index in [1.807, 2.05) is 47.7 Å². The SMILES string of the molecule is c1ccc(-c2nc(-c3ccccc3)nc(-c3cc(-n4c5ccccc5c5ccc(-c6cccc7c6sc6ccccc67)cc54)cc4c5ccccc5c5ccccc5c34)n2)cc1. The number of rotatable bonds is 5. The average Bonchev–Trinajstić information content (AvgIpc) is 3.90. The zero-order valence-electron chi connectivity index (χ0n) is 33.3. The lowest BCUT2D eigenvalue weighted by Crippen LogP contribution is -2.02. The number of aromatic nitrogens is 4. The van der Waals surface area contributed by atoms with Crippen LogP contribution in [0.25, 0.3) is 125 Å². The van der Waals surface area contributed by atoms with Crippen LogP contribution < -0.4 is 0 Å². The molecule has 13 rings (SSSR count). The van der Waals surface area contributed by atoms with Crippen LogP contribution in [0.2, 0.25) is 0 Å². The van der Waals surface area contributed by atoms with Crippen LogP contribution in [0.5, 0.6) is 0 Å². The summed E-state index contributed by atoms with van der Waals surface area (Å²) < 4.78 is 5.06. The Morgan fingerprint density at radius 2 is 0.871 bits per heavy atom. The molecule has 0 bridgehead atoms. The van der Waals surface area contributed by atoms with E-state index in [1.54, 1.807) is 0 Å². The molecule has 0 saturated heterocycles. The third-order valence-corrected chi connectivity index (χ3v) is 13.6. The fourth-order valence-corrected chi connectivity index (χ4v) is 10.9. The van der Waals surface area contributed by atoms with Crippen LogP contribution in [0.1, 0.15) is 0 Å². The van der Waals surface area contributed by atoms with Gasteiger partial charge in [0.2, 0.25) is 0 Å². The van der Waals surface area contributed by atoms with E-state index in [9.17, 15) is 0 Å². The quantitative estimate of drug-likeness (QED) is 0.163. The molecule has 3 heterocycles. The van der Waals surface area contributed by atoms with E-state index < -0.39 is 0 Å². The van der Waals surface area contributed by atoms with Crippen molar-refractivity contribution in [2.75, 3.05) is 0 Å². The zero-order valence-corrected chi connectivity index (χ0v) is 34.1. The first kappa shape index (κ1) is 34.8. The van der Waals surface area contributed by atoms with Crippen molar-refractivity contribution in [3.8, 4) is 51.0 Å². The van der Waals surface area contributed by atoms with Crippen molar-refractivity contribution in [2.24, 2.45) is 0 Å². The van der Waals surface area contributed by atoms with Gasteiger partial charge in [0.15, 0.2) is 17.5 Å². The standard InChI is InChI=1S/C57H34N4S/c1-3-16-35(17-4-1)55-58-56(36-18-5-2-6-19-36)60-57(59-55)49-34-38(33-48-42-22-8-7-20-40(42)41-21-9-10-25-46(41)53(48)49)61-50-28-13-11-23-43(50)44-31-30-37(32-51(44)61)39-26-15-27-47-45-24-12-14-29-52(45)62-54(39)47/h1-34H. The van der Waals surface area contributed by atoms with Crippen LogP contribution in [0.15, 0.2) is 206 Å². The molecule has 0 N–H and O–H groups in total. The maximum Gasteiger partial charge on any atom is 0.164 e. The van der Waals surface area contributed by atoms with Crippen molar-refractivity contribution >= 4 is 85.6 Å². The second-order valence-electron chi connectivity index (χ2n) is 15.9. The maximum absolute atomic E-state index is 5.35. The van der Waals surface area contributed by atoms with E-state index in [-0.39, 0.29) is 0 Å². The molecule has 0 aliphatic rings. The average molecular weight is 807 g/mol. The lowest BCUT2D eigenvalue weighted by atomic mass is 9.91. The Balaban J connectivity index is 1.15. The van der Waals surface area contributed by atoms with E-state index in [0.29, 0.717) is 17.5 Å². The van der Waals surface area contributed by atoms with E-state index in [4.69, 9.17) is 15.0 Å².